The molecule has 0 heterocycles. The second kappa shape index (κ2) is 10.3. The number of carbonyl (C=O) groups is 2. The zero-order chi connectivity index (χ0) is 20.7. The third kappa shape index (κ3) is 6.71. The molecular formula is C20H23Cl2N3O3. The number of ether oxygens (including phenoxy) is 1. The van der Waals surface area contributed by atoms with Crippen molar-refractivity contribution in [3.8, 4) is 5.75 Å². The molecule has 2 N–H and O–H groups in total. The smallest absolute Gasteiger partial charge is 0.238 e. The lowest BCUT2D eigenvalue weighted by Gasteiger charge is -2.19. The van der Waals surface area contributed by atoms with E-state index < -0.39 is 0 Å². The topological polar surface area (TPSA) is 70.7 Å². The lowest BCUT2D eigenvalue weighted by Crippen LogP contribution is -2.39. The Labute approximate surface area is 174 Å². The summed E-state index contributed by atoms with van der Waals surface area (Å²) in [6, 6.07) is 12.1. The molecule has 0 aliphatic carbocycles. The van der Waals surface area contributed by atoms with Crippen LogP contribution in [0.1, 0.15) is 18.5 Å². The van der Waals surface area contributed by atoms with Crippen molar-refractivity contribution in [2.45, 2.75) is 13.0 Å². The van der Waals surface area contributed by atoms with Gasteiger partial charge in [0.1, 0.15) is 5.75 Å². The Morgan fingerprint density at radius 2 is 1.75 bits per heavy atom. The summed E-state index contributed by atoms with van der Waals surface area (Å²) in [5, 5.41) is 6.74. The third-order valence-corrected chi connectivity index (χ3v) is 4.46. The number of hydrogen-bond donors (Lipinski definition) is 2. The largest absolute Gasteiger partial charge is 0.495 e. The van der Waals surface area contributed by atoms with Gasteiger partial charge in [0, 0.05) is 10.0 Å². The molecule has 0 saturated heterocycles. The van der Waals surface area contributed by atoms with Crippen molar-refractivity contribution in [2.75, 3.05) is 32.6 Å². The molecule has 8 heteroatoms. The predicted octanol–water partition coefficient (Wildman–Crippen LogP) is 3.75. The van der Waals surface area contributed by atoms with E-state index in [0.717, 1.165) is 5.56 Å². The molecule has 0 saturated carbocycles. The molecule has 0 aromatic heterocycles. The second-order valence-corrected chi connectivity index (χ2v) is 7.28. The Morgan fingerprint density at radius 1 is 1.07 bits per heavy atom. The first kappa shape index (κ1) is 22.0. The highest BCUT2D eigenvalue weighted by Gasteiger charge is 2.15. The lowest BCUT2D eigenvalue weighted by molar-refractivity contribution is -0.123. The average Bonchev–Trinajstić information content (AvgIpc) is 2.61. The van der Waals surface area contributed by atoms with E-state index in [1.165, 1.54) is 7.11 Å². The molecule has 150 valence electrons. The van der Waals surface area contributed by atoms with Gasteiger partial charge in [0.25, 0.3) is 0 Å². The highest BCUT2D eigenvalue weighted by atomic mass is 35.5. The molecule has 0 aliphatic heterocycles. The fourth-order valence-corrected chi connectivity index (χ4v) is 3.03. The standard InChI is InChI=1S/C20H23Cl2N3O3/c1-13(14-5-4-6-15(21)9-14)23-19(26)11-25(2)12-20(27)24-17-10-16(22)7-8-18(17)28-3/h4-10,13H,11-12H2,1-3H3,(H,23,26)(H,24,27). The molecule has 2 amide bonds. The molecule has 2 aromatic carbocycles. The van der Waals surface area contributed by atoms with Crippen LogP contribution in [0.5, 0.6) is 5.75 Å². The number of nitrogens with one attached hydrogen (secondary N) is 2. The van der Waals surface area contributed by atoms with Crippen LogP contribution in [0.25, 0.3) is 0 Å². The number of rotatable bonds is 8. The van der Waals surface area contributed by atoms with E-state index in [2.05, 4.69) is 10.6 Å². The summed E-state index contributed by atoms with van der Waals surface area (Å²) in [7, 11) is 3.20. The number of amides is 2. The van der Waals surface area contributed by atoms with Crippen molar-refractivity contribution in [3.05, 3.63) is 58.1 Å². The van der Waals surface area contributed by atoms with Crippen molar-refractivity contribution in [2.24, 2.45) is 0 Å². The summed E-state index contributed by atoms with van der Waals surface area (Å²) in [6.45, 7) is 1.99. The Morgan fingerprint density at radius 3 is 2.43 bits per heavy atom. The van der Waals surface area contributed by atoms with Crippen LogP contribution in [-0.2, 0) is 9.59 Å². The SMILES string of the molecule is COc1ccc(Cl)cc1NC(=O)CN(C)CC(=O)NC(C)c1cccc(Cl)c1. The van der Waals surface area contributed by atoms with Crippen LogP contribution in [-0.4, -0.2) is 44.0 Å². The van der Waals surface area contributed by atoms with Gasteiger partial charge >= 0.3 is 0 Å². The fraction of sp³-hybridized carbons (Fsp3) is 0.300. The van der Waals surface area contributed by atoms with E-state index in [1.54, 1.807) is 36.2 Å². The van der Waals surface area contributed by atoms with E-state index in [-0.39, 0.29) is 30.9 Å². The Hall–Kier alpha value is -2.28. The predicted molar refractivity (Wildman–Crippen MR) is 112 cm³/mol. The number of methoxy groups -OCH3 is 1. The molecular weight excluding hydrogens is 401 g/mol. The molecule has 0 bridgehead atoms. The number of anilines is 1. The first-order valence-electron chi connectivity index (χ1n) is 8.65. The van der Waals surface area contributed by atoms with Crippen molar-refractivity contribution >= 4 is 40.7 Å². The highest BCUT2D eigenvalue weighted by Crippen LogP contribution is 2.27. The first-order chi connectivity index (χ1) is 13.3. The van der Waals surface area contributed by atoms with Crippen LogP contribution in [0.15, 0.2) is 42.5 Å². The van der Waals surface area contributed by atoms with Gasteiger partial charge in [-0.05, 0) is 49.9 Å². The quantitative estimate of drug-likeness (QED) is 0.677. The molecule has 2 rings (SSSR count). The van der Waals surface area contributed by atoms with Crippen molar-refractivity contribution in [1.82, 2.24) is 10.2 Å². The maximum atomic E-state index is 12.3. The van der Waals surface area contributed by atoms with Gasteiger partial charge in [-0.25, -0.2) is 0 Å². The zero-order valence-corrected chi connectivity index (χ0v) is 17.5. The zero-order valence-electron chi connectivity index (χ0n) is 16.0. The molecule has 28 heavy (non-hydrogen) atoms. The van der Waals surface area contributed by atoms with Crippen LogP contribution < -0.4 is 15.4 Å². The molecule has 0 radical (unpaired) electrons. The number of benzene rings is 2. The van der Waals surface area contributed by atoms with Gasteiger partial charge in [0.05, 0.1) is 31.9 Å². The summed E-state index contributed by atoms with van der Waals surface area (Å²) < 4.78 is 5.20. The van der Waals surface area contributed by atoms with Gasteiger partial charge in [-0.2, -0.15) is 0 Å². The number of halogens is 2. The number of carbonyl (C=O) groups excluding carboxylic acids is 2. The third-order valence-electron chi connectivity index (χ3n) is 3.99. The Balaban J connectivity index is 1.85. The first-order valence-corrected chi connectivity index (χ1v) is 9.41. The molecule has 0 spiro atoms. The monoisotopic (exact) mass is 423 g/mol. The van der Waals surface area contributed by atoms with Crippen LogP contribution in [0.4, 0.5) is 5.69 Å². The summed E-state index contributed by atoms with van der Waals surface area (Å²) in [6.07, 6.45) is 0. The maximum Gasteiger partial charge on any atom is 0.238 e. The Kier molecular flexibility index (Phi) is 8.11. The molecule has 0 aliphatic rings. The van der Waals surface area contributed by atoms with E-state index in [1.807, 2.05) is 25.1 Å². The van der Waals surface area contributed by atoms with Gasteiger partial charge in [-0.15, -0.1) is 0 Å². The molecule has 1 unspecified atom stereocenters. The average molecular weight is 424 g/mol. The van der Waals surface area contributed by atoms with Crippen molar-refractivity contribution < 1.29 is 14.3 Å². The van der Waals surface area contributed by atoms with Gasteiger partial charge in [0.15, 0.2) is 0 Å². The number of hydrogen-bond acceptors (Lipinski definition) is 4. The molecule has 2 aromatic rings. The fourth-order valence-electron chi connectivity index (χ4n) is 2.66. The normalized spacial score (nSPS) is 11.8. The van der Waals surface area contributed by atoms with Gasteiger partial charge in [0.2, 0.25) is 11.8 Å². The van der Waals surface area contributed by atoms with E-state index in [4.69, 9.17) is 27.9 Å². The maximum absolute atomic E-state index is 12.3. The molecule has 6 nitrogen and oxygen atoms in total. The van der Waals surface area contributed by atoms with Crippen LogP contribution in [0.2, 0.25) is 10.0 Å². The summed E-state index contributed by atoms with van der Waals surface area (Å²) in [4.78, 5) is 26.1. The number of nitrogens with zero attached hydrogens (tertiary/aromatic N) is 1. The van der Waals surface area contributed by atoms with E-state index in [0.29, 0.717) is 21.5 Å². The minimum atomic E-state index is -0.279. The van der Waals surface area contributed by atoms with Gasteiger partial charge < -0.3 is 15.4 Å². The van der Waals surface area contributed by atoms with Crippen molar-refractivity contribution in [3.63, 3.8) is 0 Å². The van der Waals surface area contributed by atoms with Crippen LogP contribution in [0.3, 0.4) is 0 Å². The highest BCUT2D eigenvalue weighted by molar-refractivity contribution is 6.31. The lowest BCUT2D eigenvalue weighted by atomic mass is 10.1. The van der Waals surface area contributed by atoms with E-state index in [9.17, 15) is 9.59 Å². The van der Waals surface area contributed by atoms with E-state index >= 15 is 0 Å². The molecule has 0 fully saturated rings. The van der Waals surface area contributed by atoms with Crippen LogP contribution in [0, 0.1) is 0 Å². The van der Waals surface area contributed by atoms with Crippen LogP contribution >= 0.6 is 23.2 Å². The van der Waals surface area contributed by atoms with Gasteiger partial charge in [-0.3, -0.25) is 14.5 Å². The summed E-state index contributed by atoms with van der Waals surface area (Å²) in [5.74, 6) is 0.0374. The Bertz CT molecular complexity index is 845. The summed E-state index contributed by atoms with van der Waals surface area (Å²) >= 11 is 11.9. The van der Waals surface area contributed by atoms with Gasteiger partial charge in [-0.1, -0.05) is 35.3 Å². The minimum Gasteiger partial charge on any atom is -0.495 e. The number of likely N-dealkylation sites (N-methyl/N-ethyl adjacent to an activating group) is 1. The molecule has 1 atom stereocenters. The second-order valence-electron chi connectivity index (χ2n) is 6.41. The summed E-state index contributed by atoms with van der Waals surface area (Å²) in [5.41, 5.74) is 1.39. The van der Waals surface area contributed by atoms with Crippen molar-refractivity contribution in [1.29, 1.82) is 0 Å². The minimum absolute atomic E-state index is 0.0363.